The van der Waals surface area contributed by atoms with Crippen molar-refractivity contribution in [1.29, 1.82) is 0 Å². The summed E-state index contributed by atoms with van der Waals surface area (Å²) in [5.41, 5.74) is 0.751. The smallest absolute Gasteiger partial charge is 0.261 e. The maximum Gasteiger partial charge on any atom is 0.261 e. The van der Waals surface area contributed by atoms with Crippen LogP contribution in [0, 0.1) is 0 Å². The zero-order chi connectivity index (χ0) is 17.3. The van der Waals surface area contributed by atoms with Crippen LogP contribution in [0.1, 0.15) is 0 Å². The van der Waals surface area contributed by atoms with Gasteiger partial charge in [0.1, 0.15) is 6.54 Å². The molecule has 0 spiro atoms. The molecule has 0 bridgehead atoms. The average molecular weight is 362 g/mol. The normalized spacial score (nSPS) is 10.8. The molecule has 24 heavy (non-hydrogen) atoms. The molecule has 0 aliphatic carbocycles. The summed E-state index contributed by atoms with van der Waals surface area (Å²) in [5.74, 6) is -0.238. The Morgan fingerprint density at radius 2 is 1.92 bits per heavy atom. The van der Waals surface area contributed by atoms with E-state index in [2.05, 4.69) is 4.98 Å². The van der Waals surface area contributed by atoms with Gasteiger partial charge >= 0.3 is 0 Å². The van der Waals surface area contributed by atoms with Gasteiger partial charge in [-0.05, 0) is 24.3 Å². The molecule has 7 heteroatoms. The fourth-order valence-corrected chi connectivity index (χ4v) is 2.90. The number of anilines is 1. The van der Waals surface area contributed by atoms with E-state index in [1.165, 1.54) is 27.9 Å². The molecular formula is C17H13Cl2N3O2. The molecule has 0 aliphatic rings. The molecule has 5 nitrogen and oxygen atoms in total. The topological polar surface area (TPSA) is 55.2 Å². The van der Waals surface area contributed by atoms with Gasteiger partial charge in [-0.1, -0.05) is 41.4 Å². The van der Waals surface area contributed by atoms with Crippen LogP contribution in [0.25, 0.3) is 10.9 Å². The van der Waals surface area contributed by atoms with Crippen molar-refractivity contribution >= 4 is 45.7 Å². The minimum atomic E-state index is -0.362. The fourth-order valence-electron chi connectivity index (χ4n) is 2.35. The lowest BCUT2D eigenvalue weighted by molar-refractivity contribution is -0.118. The van der Waals surface area contributed by atoms with Gasteiger partial charge in [0.05, 0.1) is 22.3 Å². The molecule has 3 rings (SSSR count). The Balaban J connectivity index is 1.95. The second-order valence-electron chi connectivity index (χ2n) is 5.25. The molecule has 0 saturated heterocycles. The zero-order valence-electron chi connectivity index (χ0n) is 12.7. The van der Waals surface area contributed by atoms with E-state index < -0.39 is 0 Å². The summed E-state index contributed by atoms with van der Waals surface area (Å²) in [7, 11) is 1.66. The van der Waals surface area contributed by atoms with Crippen molar-refractivity contribution in [3.05, 3.63) is 69.2 Å². The zero-order valence-corrected chi connectivity index (χ0v) is 14.3. The number of rotatable bonds is 3. The molecule has 0 atom stereocenters. The van der Waals surface area contributed by atoms with Crippen LogP contribution < -0.4 is 10.5 Å². The quantitative estimate of drug-likeness (QED) is 0.718. The average Bonchev–Trinajstić information content (AvgIpc) is 2.57. The number of nitrogens with zero attached hydrogens (tertiary/aromatic N) is 3. The second-order valence-corrected chi connectivity index (χ2v) is 6.09. The Morgan fingerprint density at radius 3 is 2.62 bits per heavy atom. The third kappa shape index (κ3) is 3.13. The Hall–Kier alpha value is -2.37. The first kappa shape index (κ1) is 16.5. The Morgan fingerprint density at radius 1 is 1.21 bits per heavy atom. The molecular weight excluding hydrogens is 349 g/mol. The van der Waals surface area contributed by atoms with Crippen LogP contribution in [0.4, 0.5) is 5.69 Å². The van der Waals surface area contributed by atoms with Crippen molar-refractivity contribution in [3.8, 4) is 0 Å². The number of likely N-dealkylation sites (N-methyl/N-ethyl adjacent to an activating group) is 1. The van der Waals surface area contributed by atoms with Crippen LogP contribution in [-0.4, -0.2) is 22.5 Å². The summed E-state index contributed by atoms with van der Waals surface area (Å²) in [6.07, 6.45) is 1.32. The molecule has 3 aromatic rings. The maximum absolute atomic E-state index is 12.6. The van der Waals surface area contributed by atoms with Gasteiger partial charge in [0.15, 0.2) is 0 Å². The molecule has 0 N–H and O–H groups in total. The maximum atomic E-state index is 12.6. The first-order valence-electron chi connectivity index (χ1n) is 7.13. The van der Waals surface area contributed by atoms with Gasteiger partial charge in [0.25, 0.3) is 5.56 Å². The summed E-state index contributed by atoms with van der Waals surface area (Å²) >= 11 is 12.0. The monoisotopic (exact) mass is 361 g/mol. The molecule has 122 valence electrons. The minimum absolute atomic E-state index is 0.128. The van der Waals surface area contributed by atoms with Crippen LogP contribution in [-0.2, 0) is 11.3 Å². The van der Waals surface area contributed by atoms with E-state index in [-0.39, 0.29) is 23.4 Å². The lowest BCUT2D eigenvalue weighted by Gasteiger charge is -2.18. The lowest BCUT2D eigenvalue weighted by atomic mass is 10.2. The van der Waals surface area contributed by atoms with E-state index in [0.717, 1.165) is 5.69 Å². The number of aromatic nitrogens is 2. The third-order valence-electron chi connectivity index (χ3n) is 3.67. The highest BCUT2D eigenvalue weighted by Crippen LogP contribution is 2.24. The third-order valence-corrected chi connectivity index (χ3v) is 4.18. The number of benzene rings is 2. The summed E-state index contributed by atoms with van der Waals surface area (Å²) in [6, 6.07) is 12.2. The lowest BCUT2D eigenvalue weighted by Crippen LogP contribution is -2.34. The molecule has 1 aromatic heterocycles. The number of fused-ring (bicyclic) bond motifs is 1. The highest BCUT2D eigenvalue weighted by atomic mass is 35.5. The molecule has 0 aliphatic heterocycles. The standard InChI is InChI=1S/C17H13Cl2N3O2/c1-21(12-5-3-2-4-6-12)15(23)9-22-10-20-16-13(17(22)24)7-11(18)8-14(16)19/h2-8,10H,9H2,1H3. The van der Waals surface area contributed by atoms with E-state index >= 15 is 0 Å². The number of para-hydroxylation sites is 1. The van der Waals surface area contributed by atoms with Crippen molar-refractivity contribution in [2.45, 2.75) is 6.54 Å². The Bertz CT molecular complexity index is 971. The highest BCUT2D eigenvalue weighted by molar-refractivity contribution is 6.38. The highest BCUT2D eigenvalue weighted by Gasteiger charge is 2.14. The number of halogens is 2. The predicted octanol–water partition coefficient (Wildman–Crippen LogP) is 3.37. The van der Waals surface area contributed by atoms with E-state index in [1.54, 1.807) is 7.05 Å². The van der Waals surface area contributed by atoms with E-state index in [1.807, 2.05) is 30.3 Å². The molecule has 0 saturated carbocycles. The van der Waals surface area contributed by atoms with Gasteiger partial charge in [0.2, 0.25) is 5.91 Å². The molecule has 0 fully saturated rings. The summed E-state index contributed by atoms with van der Waals surface area (Å²) < 4.78 is 1.25. The van der Waals surface area contributed by atoms with Crippen molar-refractivity contribution in [2.24, 2.45) is 0 Å². The number of amides is 1. The van der Waals surface area contributed by atoms with E-state index in [0.29, 0.717) is 15.6 Å². The van der Waals surface area contributed by atoms with Gasteiger partial charge in [-0.15, -0.1) is 0 Å². The minimum Gasteiger partial charge on any atom is -0.314 e. The SMILES string of the molecule is CN(C(=O)Cn1cnc2c(Cl)cc(Cl)cc2c1=O)c1ccccc1. The largest absolute Gasteiger partial charge is 0.314 e. The summed E-state index contributed by atoms with van der Waals surface area (Å²) in [4.78, 5) is 30.6. The number of carbonyl (C=O) groups is 1. The van der Waals surface area contributed by atoms with Gasteiger partial charge < -0.3 is 4.90 Å². The molecule has 0 unspecified atom stereocenters. The van der Waals surface area contributed by atoms with Crippen LogP contribution in [0.5, 0.6) is 0 Å². The summed E-state index contributed by atoms with van der Waals surface area (Å²) in [5, 5.41) is 0.927. The van der Waals surface area contributed by atoms with Crippen LogP contribution >= 0.6 is 23.2 Å². The molecule has 1 heterocycles. The van der Waals surface area contributed by atoms with Crippen molar-refractivity contribution in [2.75, 3.05) is 11.9 Å². The second kappa shape index (κ2) is 6.63. The van der Waals surface area contributed by atoms with Crippen LogP contribution in [0.3, 0.4) is 0 Å². The molecule has 2 aromatic carbocycles. The van der Waals surface area contributed by atoms with Gasteiger partial charge in [-0.2, -0.15) is 0 Å². The van der Waals surface area contributed by atoms with Crippen molar-refractivity contribution < 1.29 is 4.79 Å². The van der Waals surface area contributed by atoms with Gasteiger partial charge in [-0.3, -0.25) is 14.2 Å². The first-order chi connectivity index (χ1) is 11.5. The predicted molar refractivity (Wildman–Crippen MR) is 95.9 cm³/mol. The first-order valence-corrected chi connectivity index (χ1v) is 7.89. The number of hydrogen-bond donors (Lipinski definition) is 0. The Labute approximate surface area is 148 Å². The summed E-state index contributed by atoms with van der Waals surface area (Å²) in [6.45, 7) is -0.128. The van der Waals surface area contributed by atoms with Gasteiger partial charge in [-0.25, -0.2) is 4.98 Å². The van der Waals surface area contributed by atoms with Gasteiger partial charge in [0, 0.05) is 17.8 Å². The fraction of sp³-hybridized carbons (Fsp3) is 0.118. The van der Waals surface area contributed by atoms with Crippen LogP contribution in [0.15, 0.2) is 53.6 Å². The van der Waals surface area contributed by atoms with E-state index in [4.69, 9.17) is 23.2 Å². The van der Waals surface area contributed by atoms with Crippen molar-refractivity contribution in [3.63, 3.8) is 0 Å². The molecule has 1 amide bonds. The van der Waals surface area contributed by atoms with Crippen molar-refractivity contribution in [1.82, 2.24) is 9.55 Å². The number of carbonyl (C=O) groups excluding carboxylic acids is 1. The number of hydrogen-bond acceptors (Lipinski definition) is 3. The van der Waals surface area contributed by atoms with E-state index in [9.17, 15) is 9.59 Å². The van der Waals surface area contributed by atoms with Crippen LogP contribution in [0.2, 0.25) is 10.0 Å². The molecule has 0 radical (unpaired) electrons. The Kier molecular flexibility index (Phi) is 4.55.